The second-order valence-corrected chi connectivity index (χ2v) is 7.77. The predicted molar refractivity (Wildman–Crippen MR) is 115 cm³/mol. The van der Waals surface area contributed by atoms with Crippen LogP contribution in [0.5, 0.6) is 0 Å². The zero-order valence-corrected chi connectivity index (χ0v) is 17.0. The number of hydrogen-bond acceptors (Lipinski definition) is 7. The highest BCUT2D eigenvalue weighted by Crippen LogP contribution is 2.31. The van der Waals surface area contributed by atoms with Crippen LogP contribution in [0.4, 0.5) is 11.5 Å². The number of nitrogens with zero attached hydrogens (tertiary/aromatic N) is 5. The maximum absolute atomic E-state index is 12.8. The van der Waals surface area contributed by atoms with Gasteiger partial charge in [0.2, 0.25) is 0 Å². The summed E-state index contributed by atoms with van der Waals surface area (Å²) in [5, 5.41) is 17.3. The highest BCUT2D eigenvalue weighted by molar-refractivity contribution is 6.04. The number of fused-ring (bicyclic) bond motifs is 1. The minimum absolute atomic E-state index is 0.202. The molecular formula is C21H27N7O2. The van der Waals surface area contributed by atoms with Gasteiger partial charge in [-0.3, -0.25) is 9.48 Å². The molecule has 4 N–H and O–H groups in total. The average Bonchev–Trinajstić information content (AvgIpc) is 3.47. The zero-order valence-electron chi connectivity index (χ0n) is 17.0. The molecule has 0 bridgehead atoms. The van der Waals surface area contributed by atoms with Gasteiger partial charge in [0.1, 0.15) is 24.1 Å². The molecular weight excluding hydrogens is 382 g/mol. The topological polar surface area (TPSA) is 122 Å². The lowest BCUT2D eigenvalue weighted by molar-refractivity contribution is 0.102. The Morgan fingerprint density at radius 1 is 1.37 bits per heavy atom. The fraction of sp³-hybridized carbons (Fsp3) is 0.429. The molecule has 0 saturated heterocycles. The van der Waals surface area contributed by atoms with Crippen LogP contribution in [0.25, 0.3) is 10.9 Å². The molecule has 0 spiro atoms. The molecule has 1 fully saturated rings. The van der Waals surface area contributed by atoms with E-state index in [-0.39, 0.29) is 12.5 Å². The Labute approximate surface area is 174 Å². The molecule has 1 saturated carbocycles. The van der Waals surface area contributed by atoms with Crippen LogP contribution in [0.15, 0.2) is 36.8 Å². The van der Waals surface area contributed by atoms with Crippen molar-refractivity contribution in [2.75, 3.05) is 23.3 Å². The van der Waals surface area contributed by atoms with E-state index in [4.69, 9.17) is 5.73 Å². The number of aromatic nitrogens is 4. The molecule has 1 amide bonds. The number of carbonyl (C=O) groups excluding carboxylic acids is 1. The van der Waals surface area contributed by atoms with Gasteiger partial charge in [-0.2, -0.15) is 5.10 Å². The van der Waals surface area contributed by atoms with Crippen LogP contribution in [0.2, 0.25) is 0 Å². The van der Waals surface area contributed by atoms with Crippen molar-refractivity contribution in [3.63, 3.8) is 0 Å². The van der Waals surface area contributed by atoms with Gasteiger partial charge in [0.15, 0.2) is 0 Å². The van der Waals surface area contributed by atoms with Gasteiger partial charge in [-0.25, -0.2) is 9.97 Å². The molecule has 4 rings (SSSR count). The van der Waals surface area contributed by atoms with Crippen molar-refractivity contribution < 1.29 is 9.90 Å². The maximum Gasteiger partial charge on any atom is 0.274 e. The fourth-order valence-corrected chi connectivity index (χ4v) is 3.51. The van der Waals surface area contributed by atoms with E-state index < -0.39 is 6.23 Å². The Morgan fingerprint density at radius 3 is 2.93 bits per heavy atom. The molecule has 9 nitrogen and oxygen atoms in total. The van der Waals surface area contributed by atoms with Crippen LogP contribution in [-0.4, -0.2) is 50.1 Å². The lowest BCUT2D eigenvalue weighted by atomic mass is 10.2. The molecule has 2 heterocycles. The second-order valence-electron chi connectivity index (χ2n) is 7.77. The first-order chi connectivity index (χ1) is 14.5. The Bertz CT molecular complexity index is 1030. The molecule has 158 valence electrons. The molecule has 1 atom stereocenters. The molecule has 0 aliphatic heterocycles. The van der Waals surface area contributed by atoms with Gasteiger partial charge in [0.25, 0.3) is 5.91 Å². The van der Waals surface area contributed by atoms with E-state index in [1.165, 1.54) is 19.2 Å². The highest BCUT2D eigenvalue weighted by atomic mass is 16.3. The molecule has 1 aliphatic carbocycles. The average molecular weight is 409 g/mol. The molecule has 1 aromatic carbocycles. The zero-order chi connectivity index (χ0) is 21.1. The third-order valence-corrected chi connectivity index (χ3v) is 5.14. The molecule has 0 radical (unpaired) electrons. The molecule has 9 heteroatoms. The molecule has 2 aromatic heterocycles. The van der Waals surface area contributed by atoms with Crippen molar-refractivity contribution in [2.24, 2.45) is 11.7 Å². The summed E-state index contributed by atoms with van der Waals surface area (Å²) in [6, 6.07) is 7.22. The minimum atomic E-state index is -0.980. The van der Waals surface area contributed by atoms with Crippen LogP contribution in [0, 0.1) is 5.92 Å². The molecule has 1 aliphatic rings. The number of amides is 1. The van der Waals surface area contributed by atoms with Crippen molar-refractivity contribution in [2.45, 2.75) is 39.0 Å². The molecule has 3 aromatic rings. The van der Waals surface area contributed by atoms with Gasteiger partial charge < -0.3 is 21.1 Å². The van der Waals surface area contributed by atoms with Crippen molar-refractivity contribution in [3.05, 3.63) is 42.5 Å². The smallest absolute Gasteiger partial charge is 0.274 e. The quantitative estimate of drug-likeness (QED) is 0.462. The summed E-state index contributed by atoms with van der Waals surface area (Å²) in [4.78, 5) is 23.6. The number of aliphatic hydroxyl groups is 1. The number of anilines is 2. The van der Waals surface area contributed by atoms with Gasteiger partial charge in [0.05, 0.1) is 18.3 Å². The van der Waals surface area contributed by atoms with E-state index in [1.54, 1.807) is 23.0 Å². The van der Waals surface area contributed by atoms with Crippen molar-refractivity contribution in [1.82, 2.24) is 19.7 Å². The van der Waals surface area contributed by atoms with E-state index in [0.717, 1.165) is 42.1 Å². The standard InChI is InChI=1S/C21H27N7O2/c1-2-7-27(11-14-3-4-14)20-9-17(23-13-24-20)21(30)26-16-5-6-18-15(8-16)10-25-28(18)12-19(22)29/h5-6,8-10,13-14,19,29H,2-4,7,11-12,22H2,1H3,(H,26,30). The number of carbonyl (C=O) groups is 1. The summed E-state index contributed by atoms with van der Waals surface area (Å²) in [6.45, 7) is 4.23. The van der Waals surface area contributed by atoms with E-state index in [0.29, 0.717) is 11.4 Å². The largest absolute Gasteiger partial charge is 0.377 e. The van der Waals surface area contributed by atoms with E-state index in [1.807, 2.05) is 12.1 Å². The van der Waals surface area contributed by atoms with Gasteiger partial charge in [-0.15, -0.1) is 0 Å². The maximum atomic E-state index is 12.8. The third kappa shape index (κ3) is 4.74. The number of hydrogen-bond donors (Lipinski definition) is 3. The summed E-state index contributed by atoms with van der Waals surface area (Å²) in [5.41, 5.74) is 7.24. The van der Waals surface area contributed by atoms with Crippen LogP contribution >= 0.6 is 0 Å². The molecule has 1 unspecified atom stereocenters. The van der Waals surface area contributed by atoms with Gasteiger partial charge in [-0.05, 0) is 43.4 Å². The van der Waals surface area contributed by atoms with Gasteiger partial charge >= 0.3 is 0 Å². The number of benzene rings is 1. The van der Waals surface area contributed by atoms with Crippen molar-refractivity contribution in [3.8, 4) is 0 Å². The van der Waals surface area contributed by atoms with E-state index in [9.17, 15) is 9.90 Å². The predicted octanol–water partition coefficient (Wildman–Crippen LogP) is 1.98. The lowest BCUT2D eigenvalue weighted by Gasteiger charge is -2.23. The first kappa shape index (κ1) is 20.2. The lowest BCUT2D eigenvalue weighted by Crippen LogP contribution is -2.28. The number of nitrogens with two attached hydrogens (primary N) is 1. The SMILES string of the molecule is CCCN(CC1CC1)c1cc(C(=O)Nc2ccc3c(cnn3CC(N)O)c2)ncn1. The van der Waals surface area contributed by atoms with Crippen LogP contribution in [0.1, 0.15) is 36.7 Å². The van der Waals surface area contributed by atoms with Gasteiger partial charge in [0, 0.05) is 30.2 Å². The first-order valence-corrected chi connectivity index (χ1v) is 10.3. The van der Waals surface area contributed by atoms with Crippen molar-refractivity contribution >= 4 is 28.3 Å². The van der Waals surface area contributed by atoms with Crippen molar-refractivity contribution in [1.29, 1.82) is 0 Å². The number of aliphatic hydroxyl groups excluding tert-OH is 1. The first-order valence-electron chi connectivity index (χ1n) is 10.3. The van der Waals surface area contributed by atoms with Crippen LogP contribution in [-0.2, 0) is 6.54 Å². The van der Waals surface area contributed by atoms with E-state index in [2.05, 4.69) is 32.2 Å². The fourth-order valence-electron chi connectivity index (χ4n) is 3.51. The second kappa shape index (κ2) is 8.76. The van der Waals surface area contributed by atoms with Crippen LogP contribution < -0.4 is 16.0 Å². The summed E-state index contributed by atoms with van der Waals surface area (Å²) in [7, 11) is 0. The summed E-state index contributed by atoms with van der Waals surface area (Å²) in [6.07, 6.45) is 5.70. The summed E-state index contributed by atoms with van der Waals surface area (Å²) < 4.78 is 1.63. The Balaban J connectivity index is 1.49. The summed E-state index contributed by atoms with van der Waals surface area (Å²) >= 11 is 0. The monoisotopic (exact) mass is 409 g/mol. The summed E-state index contributed by atoms with van der Waals surface area (Å²) in [5.74, 6) is 1.24. The third-order valence-electron chi connectivity index (χ3n) is 5.14. The number of rotatable bonds is 9. The van der Waals surface area contributed by atoms with Crippen LogP contribution in [0.3, 0.4) is 0 Å². The normalized spacial score (nSPS) is 14.6. The van der Waals surface area contributed by atoms with Gasteiger partial charge in [-0.1, -0.05) is 6.92 Å². The number of nitrogens with one attached hydrogen (secondary N) is 1. The minimum Gasteiger partial charge on any atom is -0.377 e. The Hall–Kier alpha value is -3.04. The molecule has 30 heavy (non-hydrogen) atoms. The Morgan fingerprint density at radius 2 is 2.20 bits per heavy atom. The highest BCUT2D eigenvalue weighted by Gasteiger charge is 2.25. The van der Waals surface area contributed by atoms with E-state index >= 15 is 0 Å². The Kier molecular flexibility index (Phi) is 5.91.